The number of methoxy groups -OCH3 is 1. The highest BCUT2D eigenvalue weighted by Crippen LogP contribution is 2.36. The van der Waals surface area contributed by atoms with Gasteiger partial charge in [0, 0.05) is 11.1 Å². The molecule has 7 heteroatoms. The Morgan fingerprint density at radius 2 is 2.07 bits per heavy atom. The number of hydrogen-bond acceptors (Lipinski definition) is 7. The minimum absolute atomic E-state index is 0.0212. The van der Waals surface area contributed by atoms with Crippen LogP contribution in [-0.4, -0.2) is 48.4 Å². The summed E-state index contributed by atoms with van der Waals surface area (Å²) in [4.78, 5) is 36.8. The molecule has 2 rings (SSSR count). The molecule has 7 nitrogen and oxygen atoms in total. The van der Waals surface area contributed by atoms with Crippen LogP contribution in [-0.2, 0) is 28.6 Å². The van der Waals surface area contributed by atoms with Crippen molar-refractivity contribution >= 4 is 17.9 Å². The van der Waals surface area contributed by atoms with Crippen LogP contribution in [0.4, 0.5) is 0 Å². The van der Waals surface area contributed by atoms with E-state index in [1.807, 2.05) is 6.92 Å². The zero-order valence-electron chi connectivity index (χ0n) is 16.6. The van der Waals surface area contributed by atoms with Gasteiger partial charge in [-0.2, -0.15) is 0 Å². The van der Waals surface area contributed by atoms with Crippen LogP contribution in [0.15, 0.2) is 47.1 Å². The molecule has 1 aliphatic carbocycles. The summed E-state index contributed by atoms with van der Waals surface area (Å²) >= 11 is 0. The number of ether oxygens (including phenoxy) is 3. The fourth-order valence-corrected chi connectivity index (χ4v) is 3.23. The highest BCUT2D eigenvalue weighted by atomic mass is 16.6. The van der Waals surface area contributed by atoms with Gasteiger partial charge in [-0.25, -0.2) is 14.4 Å². The molecular weight excluding hydrogens is 364 g/mol. The van der Waals surface area contributed by atoms with Crippen molar-refractivity contribution in [2.24, 2.45) is 5.92 Å². The van der Waals surface area contributed by atoms with Crippen LogP contribution >= 0.6 is 0 Å². The minimum Gasteiger partial charge on any atom is -0.466 e. The van der Waals surface area contributed by atoms with Gasteiger partial charge in [0.15, 0.2) is 6.10 Å². The number of esters is 3. The quantitative estimate of drug-likeness (QED) is 0.341. The summed E-state index contributed by atoms with van der Waals surface area (Å²) in [5, 5.41) is 11.1. The SMILES string of the molecule is C=C1C(=O)O[C@@H]2/C=C(/C)CC/C=C(/C(=O)OC)[C@H](OC(=O)/C(C)=C\C)[C@@H](O)[C@@H]12. The van der Waals surface area contributed by atoms with Gasteiger partial charge < -0.3 is 19.3 Å². The molecule has 1 aliphatic heterocycles. The molecular formula is C21H26O7. The van der Waals surface area contributed by atoms with Gasteiger partial charge in [-0.1, -0.05) is 24.3 Å². The van der Waals surface area contributed by atoms with E-state index in [0.717, 1.165) is 5.57 Å². The molecule has 1 saturated heterocycles. The molecule has 2 aliphatic rings. The van der Waals surface area contributed by atoms with E-state index in [0.29, 0.717) is 18.4 Å². The molecule has 1 N–H and O–H groups in total. The van der Waals surface area contributed by atoms with Crippen molar-refractivity contribution in [1.29, 1.82) is 0 Å². The van der Waals surface area contributed by atoms with Crippen LogP contribution < -0.4 is 0 Å². The maximum absolute atomic E-state index is 12.4. The van der Waals surface area contributed by atoms with Crippen LogP contribution in [0.25, 0.3) is 0 Å². The van der Waals surface area contributed by atoms with Crippen molar-refractivity contribution in [2.75, 3.05) is 7.11 Å². The number of carbonyl (C=O) groups is 3. The molecule has 0 saturated carbocycles. The number of aliphatic hydroxyl groups excluding tert-OH is 1. The summed E-state index contributed by atoms with van der Waals surface area (Å²) < 4.78 is 15.7. The summed E-state index contributed by atoms with van der Waals surface area (Å²) in [6.07, 6.45) is 2.46. The van der Waals surface area contributed by atoms with Crippen molar-refractivity contribution in [1.82, 2.24) is 0 Å². The Bertz CT molecular complexity index is 772. The predicted octanol–water partition coefficient (Wildman–Crippen LogP) is 2.16. The zero-order valence-corrected chi connectivity index (χ0v) is 16.6. The molecule has 1 heterocycles. The second-order valence-corrected chi connectivity index (χ2v) is 6.91. The lowest BCUT2D eigenvalue weighted by molar-refractivity contribution is -0.153. The Hall–Kier alpha value is -2.67. The molecule has 0 radical (unpaired) electrons. The van der Waals surface area contributed by atoms with E-state index in [-0.39, 0.29) is 11.1 Å². The van der Waals surface area contributed by atoms with Gasteiger partial charge in [0.1, 0.15) is 12.2 Å². The second-order valence-electron chi connectivity index (χ2n) is 6.91. The fourth-order valence-electron chi connectivity index (χ4n) is 3.23. The third kappa shape index (κ3) is 4.42. The van der Waals surface area contributed by atoms with Gasteiger partial charge in [-0.05, 0) is 39.7 Å². The number of aliphatic hydroxyl groups is 1. The standard InChI is InChI=1S/C21H26O7/c1-6-12(3)19(23)28-18-14(21(25)26-5)9-7-8-11(2)10-15-16(17(18)22)13(4)20(24)27-15/h6,9-10,15-18,22H,4,7-8H2,1-3,5H3/b11-10-,12-6-,14-9+/t15-,16+,17+,18+/m1/s1. The summed E-state index contributed by atoms with van der Waals surface area (Å²) in [6.45, 7) is 8.83. The Morgan fingerprint density at radius 3 is 2.68 bits per heavy atom. The van der Waals surface area contributed by atoms with Crippen molar-refractivity contribution in [3.8, 4) is 0 Å². The summed E-state index contributed by atoms with van der Waals surface area (Å²) in [7, 11) is 1.21. The lowest BCUT2D eigenvalue weighted by atomic mass is 9.83. The van der Waals surface area contributed by atoms with Gasteiger partial charge in [-0.3, -0.25) is 0 Å². The maximum atomic E-state index is 12.4. The molecule has 0 aromatic rings. The van der Waals surface area contributed by atoms with Crippen LogP contribution in [0.5, 0.6) is 0 Å². The Labute approximate surface area is 164 Å². The third-order valence-corrected chi connectivity index (χ3v) is 5.01. The number of carbonyl (C=O) groups excluding carboxylic acids is 3. The first-order chi connectivity index (χ1) is 13.2. The van der Waals surface area contributed by atoms with Crippen LogP contribution in [0.2, 0.25) is 0 Å². The van der Waals surface area contributed by atoms with E-state index in [1.54, 1.807) is 32.1 Å². The fraction of sp³-hybridized carbons (Fsp3) is 0.476. The van der Waals surface area contributed by atoms with E-state index >= 15 is 0 Å². The molecule has 0 unspecified atom stereocenters. The van der Waals surface area contributed by atoms with Gasteiger partial charge in [0.2, 0.25) is 0 Å². The van der Waals surface area contributed by atoms with Crippen molar-refractivity contribution in [3.63, 3.8) is 0 Å². The van der Waals surface area contributed by atoms with E-state index in [2.05, 4.69) is 6.58 Å². The number of fused-ring (bicyclic) bond motifs is 1. The van der Waals surface area contributed by atoms with Gasteiger partial charge in [-0.15, -0.1) is 0 Å². The Morgan fingerprint density at radius 1 is 1.39 bits per heavy atom. The summed E-state index contributed by atoms with van der Waals surface area (Å²) in [5.41, 5.74) is 1.34. The molecule has 0 spiro atoms. The first kappa shape index (κ1) is 21.6. The Kier molecular flexibility index (Phi) is 6.96. The largest absolute Gasteiger partial charge is 0.466 e. The average Bonchev–Trinajstić information content (AvgIpc) is 2.94. The van der Waals surface area contributed by atoms with Crippen molar-refractivity contribution in [3.05, 3.63) is 47.1 Å². The lowest BCUT2D eigenvalue weighted by Crippen LogP contribution is -2.43. The molecule has 152 valence electrons. The van der Waals surface area contributed by atoms with Crippen LogP contribution in [0.1, 0.15) is 33.6 Å². The number of allylic oxidation sites excluding steroid dienone is 3. The predicted molar refractivity (Wildman–Crippen MR) is 101 cm³/mol. The van der Waals surface area contributed by atoms with E-state index in [9.17, 15) is 19.5 Å². The van der Waals surface area contributed by atoms with E-state index in [4.69, 9.17) is 14.2 Å². The molecule has 0 bridgehead atoms. The highest BCUT2D eigenvalue weighted by Gasteiger charge is 2.47. The topological polar surface area (TPSA) is 99.1 Å². The van der Waals surface area contributed by atoms with E-state index < -0.39 is 42.1 Å². The first-order valence-electron chi connectivity index (χ1n) is 9.08. The second kappa shape index (κ2) is 9.01. The first-order valence-corrected chi connectivity index (χ1v) is 9.08. The van der Waals surface area contributed by atoms with Gasteiger partial charge in [0.25, 0.3) is 0 Å². The molecule has 4 atom stereocenters. The summed E-state index contributed by atoms with van der Waals surface area (Å²) in [6, 6.07) is 0. The number of hydrogen-bond donors (Lipinski definition) is 1. The van der Waals surface area contributed by atoms with Gasteiger partial charge >= 0.3 is 17.9 Å². The summed E-state index contributed by atoms with van der Waals surface area (Å²) in [5.74, 6) is -2.89. The van der Waals surface area contributed by atoms with Gasteiger partial charge in [0.05, 0.1) is 18.6 Å². The average molecular weight is 390 g/mol. The van der Waals surface area contributed by atoms with Crippen molar-refractivity contribution < 1.29 is 33.7 Å². The monoisotopic (exact) mass is 390 g/mol. The van der Waals surface area contributed by atoms with Crippen molar-refractivity contribution in [2.45, 2.75) is 51.9 Å². The zero-order chi connectivity index (χ0) is 21.0. The molecule has 1 fully saturated rings. The smallest absolute Gasteiger partial charge is 0.337 e. The molecule has 28 heavy (non-hydrogen) atoms. The van der Waals surface area contributed by atoms with E-state index in [1.165, 1.54) is 7.11 Å². The molecule has 0 amide bonds. The lowest BCUT2D eigenvalue weighted by Gasteiger charge is -2.30. The Balaban J connectivity index is 2.54. The van der Waals surface area contributed by atoms with Crippen LogP contribution in [0.3, 0.4) is 0 Å². The molecule has 0 aromatic carbocycles. The maximum Gasteiger partial charge on any atom is 0.337 e. The molecule has 0 aromatic heterocycles. The third-order valence-electron chi connectivity index (χ3n) is 5.01. The highest BCUT2D eigenvalue weighted by molar-refractivity contribution is 5.93. The number of rotatable bonds is 3. The normalized spacial score (nSPS) is 32.2. The van der Waals surface area contributed by atoms with Crippen LogP contribution in [0, 0.1) is 5.92 Å². The minimum atomic E-state index is -1.43.